The zero-order valence-electron chi connectivity index (χ0n) is 15.6. The van der Waals surface area contributed by atoms with E-state index in [4.69, 9.17) is 15.2 Å². The average Bonchev–Trinajstić information content (AvgIpc) is 3.14. The van der Waals surface area contributed by atoms with Crippen LogP contribution in [0.2, 0.25) is 0 Å². The van der Waals surface area contributed by atoms with E-state index in [0.29, 0.717) is 26.5 Å². The van der Waals surface area contributed by atoms with E-state index in [1.807, 2.05) is 30.3 Å². The van der Waals surface area contributed by atoms with Crippen molar-refractivity contribution in [3.8, 4) is 22.8 Å². The number of hydrogen-bond donors (Lipinski definition) is 2. The summed E-state index contributed by atoms with van der Waals surface area (Å²) in [4.78, 5) is 28.0. The number of methoxy groups -OCH3 is 1. The number of nitrogens with one attached hydrogen (secondary N) is 1. The van der Waals surface area contributed by atoms with E-state index in [9.17, 15) is 9.59 Å². The molecule has 1 heterocycles. The second-order valence-electron chi connectivity index (χ2n) is 5.79. The summed E-state index contributed by atoms with van der Waals surface area (Å²) in [6.07, 6.45) is 0. The number of nitrogens with two attached hydrogens (primary N) is 1. The van der Waals surface area contributed by atoms with E-state index >= 15 is 0 Å². The lowest BCUT2D eigenvalue weighted by atomic mass is 10.2. The monoisotopic (exact) mass is 429 g/mol. The number of aromatic nitrogens is 1. The Kier molecular flexibility index (Phi) is 7.09. The van der Waals surface area contributed by atoms with E-state index in [1.54, 1.807) is 31.4 Å². The van der Waals surface area contributed by atoms with Gasteiger partial charge in [-0.15, -0.1) is 0 Å². The predicted octanol–water partition coefficient (Wildman–Crippen LogP) is 3.41. The third-order valence-corrected chi connectivity index (χ3v) is 5.81. The molecule has 0 aliphatic carbocycles. The molecule has 3 N–H and O–H groups in total. The number of nitrogens with zero attached hydrogens (tertiary/aromatic N) is 1. The number of carbonyl (C=O) groups is 2. The molecule has 3 rings (SSSR count). The predicted molar refractivity (Wildman–Crippen MR) is 115 cm³/mol. The molecule has 0 bridgehead atoms. The van der Waals surface area contributed by atoms with Gasteiger partial charge in [0.05, 0.1) is 12.9 Å². The van der Waals surface area contributed by atoms with Crippen LogP contribution in [0.25, 0.3) is 11.3 Å². The topological polar surface area (TPSA) is 104 Å². The zero-order valence-corrected chi connectivity index (χ0v) is 17.2. The summed E-state index contributed by atoms with van der Waals surface area (Å²) < 4.78 is 11.3. The maximum absolute atomic E-state index is 12.4. The summed E-state index contributed by atoms with van der Waals surface area (Å²) in [7, 11) is 1.58. The van der Waals surface area contributed by atoms with Gasteiger partial charge >= 0.3 is 0 Å². The van der Waals surface area contributed by atoms with Gasteiger partial charge < -0.3 is 20.5 Å². The van der Waals surface area contributed by atoms with Gasteiger partial charge in [0.25, 0.3) is 5.91 Å². The zero-order chi connectivity index (χ0) is 20.6. The number of primary amides is 1. The Morgan fingerprint density at radius 1 is 1.10 bits per heavy atom. The van der Waals surface area contributed by atoms with Crippen molar-refractivity contribution in [1.82, 2.24) is 4.98 Å². The fraction of sp³-hybridized carbons (Fsp3) is 0.150. The molecule has 0 aliphatic heterocycles. The number of thiazole rings is 1. The third-order valence-electron chi connectivity index (χ3n) is 3.67. The number of ether oxygens (including phenoxy) is 2. The minimum absolute atomic E-state index is 0.121. The van der Waals surface area contributed by atoms with Crippen molar-refractivity contribution in [2.75, 3.05) is 24.8 Å². The van der Waals surface area contributed by atoms with Gasteiger partial charge in [-0.05, 0) is 24.3 Å². The molecule has 29 heavy (non-hydrogen) atoms. The summed E-state index contributed by atoms with van der Waals surface area (Å²) in [5, 5.41) is 3.44. The molecule has 1 aromatic heterocycles. The standard InChI is InChI=1S/C20H19N3O4S2/c1-26-14-7-9-15(10-8-14)27-11-17(25)22-19-18(13-5-3-2-4-6-13)23-20(29-19)28-12-16(21)24/h2-10H,11-12H2,1H3,(H2,21,24)(H,22,25). The Labute approximate surface area is 176 Å². The largest absolute Gasteiger partial charge is 0.497 e. The van der Waals surface area contributed by atoms with Crippen LogP contribution in [0, 0.1) is 0 Å². The van der Waals surface area contributed by atoms with E-state index < -0.39 is 5.91 Å². The lowest BCUT2D eigenvalue weighted by Crippen LogP contribution is -2.19. The average molecular weight is 430 g/mol. The minimum atomic E-state index is -0.426. The molecule has 0 saturated heterocycles. The van der Waals surface area contributed by atoms with Crippen LogP contribution in [0.5, 0.6) is 11.5 Å². The first-order valence-electron chi connectivity index (χ1n) is 8.59. The van der Waals surface area contributed by atoms with E-state index in [-0.39, 0.29) is 18.3 Å². The molecule has 2 aromatic carbocycles. The molecule has 0 fully saturated rings. The van der Waals surface area contributed by atoms with Crippen LogP contribution in [0.4, 0.5) is 5.00 Å². The van der Waals surface area contributed by atoms with Crippen LogP contribution in [0.1, 0.15) is 0 Å². The Morgan fingerprint density at radius 3 is 2.45 bits per heavy atom. The first kappa shape index (κ1) is 20.7. The van der Waals surface area contributed by atoms with Crippen LogP contribution in [0.3, 0.4) is 0 Å². The fourth-order valence-corrected chi connectivity index (χ4v) is 4.18. The van der Waals surface area contributed by atoms with Crippen LogP contribution in [-0.2, 0) is 9.59 Å². The molecule has 2 amide bonds. The molecule has 7 nitrogen and oxygen atoms in total. The molecule has 0 radical (unpaired) electrons. The number of anilines is 1. The van der Waals surface area contributed by atoms with E-state index in [2.05, 4.69) is 10.3 Å². The van der Waals surface area contributed by atoms with E-state index in [1.165, 1.54) is 23.1 Å². The number of hydrogen-bond acceptors (Lipinski definition) is 7. The maximum atomic E-state index is 12.4. The van der Waals surface area contributed by atoms with Crippen LogP contribution < -0.4 is 20.5 Å². The van der Waals surface area contributed by atoms with Gasteiger partial charge in [0.2, 0.25) is 5.91 Å². The molecule has 0 saturated carbocycles. The summed E-state index contributed by atoms with van der Waals surface area (Å²) in [6, 6.07) is 16.5. The molecule has 0 spiro atoms. The van der Waals surface area contributed by atoms with Gasteiger partial charge in [-0.1, -0.05) is 53.4 Å². The minimum Gasteiger partial charge on any atom is -0.497 e. The van der Waals surface area contributed by atoms with Crippen molar-refractivity contribution >= 4 is 39.9 Å². The quantitative estimate of drug-likeness (QED) is 0.505. The lowest BCUT2D eigenvalue weighted by molar-refractivity contribution is -0.118. The number of thioether (sulfide) groups is 1. The van der Waals surface area contributed by atoms with Gasteiger partial charge in [0.15, 0.2) is 10.9 Å². The Bertz CT molecular complexity index is 975. The second-order valence-corrected chi connectivity index (χ2v) is 8.01. The molecular formula is C20H19N3O4S2. The molecule has 150 valence electrons. The van der Waals surface area contributed by atoms with Crippen molar-refractivity contribution in [3.05, 3.63) is 54.6 Å². The first-order valence-corrected chi connectivity index (χ1v) is 10.4. The molecular weight excluding hydrogens is 410 g/mol. The van der Waals surface area contributed by atoms with Crippen molar-refractivity contribution in [2.24, 2.45) is 5.73 Å². The highest BCUT2D eigenvalue weighted by atomic mass is 32.2. The third kappa shape index (κ3) is 5.97. The second kappa shape index (κ2) is 9.94. The number of carbonyl (C=O) groups excluding carboxylic acids is 2. The summed E-state index contributed by atoms with van der Waals surface area (Å²) >= 11 is 2.53. The molecule has 0 aliphatic rings. The Balaban J connectivity index is 1.70. The lowest BCUT2D eigenvalue weighted by Gasteiger charge is -2.08. The van der Waals surface area contributed by atoms with Gasteiger partial charge in [-0.2, -0.15) is 0 Å². The fourth-order valence-electron chi connectivity index (χ4n) is 2.36. The molecule has 3 aromatic rings. The summed E-state index contributed by atoms with van der Waals surface area (Å²) in [6.45, 7) is -0.151. The molecule has 9 heteroatoms. The van der Waals surface area contributed by atoms with Gasteiger partial charge in [0, 0.05) is 5.56 Å². The Hall–Kier alpha value is -3.04. The molecule has 0 atom stereocenters. The molecule has 0 unspecified atom stereocenters. The summed E-state index contributed by atoms with van der Waals surface area (Å²) in [5.41, 5.74) is 6.71. The van der Waals surface area contributed by atoms with Crippen LogP contribution in [0.15, 0.2) is 58.9 Å². The number of amides is 2. The van der Waals surface area contributed by atoms with Crippen LogP contribution >= 0.6 is 23.1 Å². The highest BCUT2D eigenvalue weighted by molar-refractivity contribution is 8.01. The maximum Gasteiger partial charge on any atom is 0.262 e. The highest BCUT2D eigenvalue weighted by Gasteiger charge is 2.16. The van der Waals surface area contributed by atoms with Gasteiger partial charge in [-0.3, -0.25) is 9.59 Å². The van der Waals surface area contributed by atoms with Crippen molar-refractivity contribution in [3.63, 3.8) is 0 Å². The Morgan fingerprint density at radius 2 is 1.79 bits per heavy atom. The number of rotatable bonds is 9. The van der Waals surface area contributed by atoms with Crippen LogP contribution in [-0.4, -0.2) is 36.3 Å². The van der Waals surface area contributed by atoms with Crippen molar-refractivity contribution in [2.45, 2.75) is 4.34 Å². The normalized spacial score (nSPS) is 10.4. The van der Waals surface area contributed by atoms with Crippen molar-refractivity contribution in [1.29, 1.82) is 0 Å². The highest BCUT2D eigenvalue weighted by Crippen LogP contribution is 2.37. The van der Waals surface area contributed by atoms with Gasteiger partial charge in [-0.25, -0.2) is 4.98 Å². The number of benzene rings is 2. The first-order chi connectivity index (χ1) is 14.0. The SMILES string of the molecule is COc1ccc(OCC(=O)Nc2sc(SCC(N)=O)nc2-c2ccccc2)cc1. The smallest absolute Gasteiger partial charge is 0.262 e. The summed E-state index contributed by atoms with van der Waals surface area (Å²) in [5.74, 6) is 0.652. The van der Waals surface area contributed by atoms with E-state index in [0.717, 1.165) is 5.56 Å². The van der Waals surface area contributed by atoms with Crippen molar-refractivity contribution < 1.29 is 19.1 Å². The van der Waals surface area contributed by atoms with Gasteiger partial charge in [0.1, 0.15) is 22.2 Å².